The fourth-order valence-corrected chi connectivity index (χ4v) is 2.86. The first kappa shape index (κ1) is 20.3. The molecule has 8 heteroatoms. The molecule has 0 radical (unpaired) electrons. The number of aryl methyl sites for hydroxylation is 1. The van der Waals surface area contributed by atoms with E-state index in [1.54, 1.807) is 23.9 Å². The molecule has 1 heterocycles. The first-order valence-electron chi connectivity index (χ1n) is 8.06. The molecule has 140 valence electrons. The quantitative estimate of drug-likeness (QED) is 0.700. The van der Waals surface area contributed by atoms with E-state index < -0.39 is 0 Å². The molecule has 0 saturated carbocycles. The molecule has 0 aliphatic rings. The van der Waals surface area contributed by atoms with Crippen LogP contribution in [0.4, 0.5) is 0 Å². The Balaban J connectivity index is 2.18. The van der Waals surface area contributed by atoms with Gasteiger partial charge in [-0.1, -0.05) is 23.2 Å². The van der Waals surface area contributed by atoms with Crippen LogP contribution in [-0.2, 0) is 20.7 Å². The van der Waals surface area contributed by atoms with E-state index in [9.17, 15) is 9.59 Å². The summed E-state index contributed by atoms with van der Waals surface area (Å²) in [7, 11) is 2.99. The zero-order valence-electron chi connectivity index (χ0n) is 15.2. The molecule has 0 N–H and O–H groups in total. The summed E-state index contributed by atoms with van der Waals surface area (Å²) >= 11 is 12.1. The Morgan fingerprint density at radius 2 is 1.92 bits per heavy atom. The lowest BCUT2D eigenvalue weighted by Gasteiger charge is -2.16. The molecular weight excluding hydrogens is 377 g/mol. The predicted octanol–water partition coefficient (Wildman–Crippen LogP) is 3.36. The molecule has 0 bridgehead atoms. The number of amides is 1. The van der Waals surface area contributed by atoms with Crippen molar-refractivity contribution in [2.24, 2.45) is 0 Å². The zero-order valence-corrected chi connectivity index (χ0v) is 16.7. The van der Waals surface area contributed by atoms with E-state index in [-0.39, 0.29) is 24.7 Å². The Hall–Kier alpha value is -2.05. The maximum atomic E-state index is 12.5. The SMILES string of the molecule is COC(=O)CCN(C)C(=O)Cc1c(C)nn(-c2ccc(Cl)c(Cl)c2)c1C. The van der Waals surface area contributed by atoms with E-state index in [0.717, 1.165) is 22.6 Å². The molecule has 0 aliphatic heterocycles. The smallest absolute Gasteiger partial charge is 0.307 e. The van der Waals surface area contributed by atoms with Crippen LogP contribution in [0, 0.1) is 13.8 Å². The summed E-state index contributed by atoms with van der Waals surface area (Å²) in [6, 6.07) is 5.26. The number of carbonyl (C=O) groups excluding carboxylic acids is 2. The Morgan fingerprint density at radius 1 is 1.23 bits per heavy atom. The molecule has 2 aromatic rings. The summed E-state index contributed by atoms with van der Waals surface area (Å²) in [4.78, 5) is 25.2. The Morgan fingerprint density at radius 3 is 2.54 bits per heavy atom. The number of halogens is 2. The number of methoxy groups -OCH3 is 1. The second kappa shape index (κ2) is 8.56. The maximum Gasteiger partial charge on any atom is 0.307 e. The van der Waals surface area contributed by atoms with Gasteiger partial charge >= 0.3 is 5.97 Å². The standard InChI is InChI=1S/C18H21Cl2N3O3/c1-11-14(10-17(24)22(3)8-7-18(25)26-4)12(2)23(21-11)13-5-6-15(19)16(20)9-13/h5-6,9H,7-8,10H2,1-4H3. The Bertz CT molecular complexity index is 833. The van der Waals surface area contributed by atoms with E-state index in [0.29, 0.717) is 16.6 Å². The lowest BCUT2D eigenvalue weighted by Crippen LogP contribution is -2.30. The van der Waals surface area contributed by atoms with Crippen molar-refractivity contribution in [3.8, 4) is 5.69 Å². The number of hydrogen-bond donors (Lipinski definition) is 0. The van der Waals surface area contributed by atoms with Crippen molar-refractivity contribution < 1.29 is 14.3 Å². The zero-order chi connectivity index (χ0) is 19.4. The highest BCUT2D eigenvalue weighted by atomic mass is 35.5. The average Bonchev–Trinajstić information content (AvgIpc) is 2.89. The van der Waals surface area contributed by atoms with E-state index >= 15 is 0 Å². The van der Waals surface area contributed by atoms with Gasteiger partial charge in [-0.05, 0) is 32.0 Å². The van der Waals surface area contributed by atoms with Crippen LogP contribution in [0.5, 0.6) is 0 Å². The highest BCUT2D eigenvalue weighted by Crippen LogP contribution is 2.26. The Kier molecular flexibility index (Phi) is 6.67. The van der Waals surface area contributed by atoms with Gasteiger partial charge in [0.2, 0.25) is 5.91 Å². The number of nitrogens with zero attached hydrogens (tertiary/aromatic N) is 3. The maximum absolute atomic E-state index is 12.5. The van der Waals surface area contributed by atoms with Gasteiger partial charge in [0.15, 0.2) is 0 Å². The monoisotopic (exact) mass is 397 g/mol. The molecule has 0 spiro atoms. The highest BCUT2D eigenvalue weighted by molar-refractivity contribution is 6.42. The molecule has 1 amide bonds. The van der Waals surface area contributed by atoms with Crippen molar-refractivity contribution in [2.75, 3.05) is 20.7 Å². The highest BCUT2D eigenvalue weighted by Gasteiger charge is 2.19. The van der Waals surface area contributed by atoms with Gasteiger partial charge in [-0.3, -0.25) is 9.59 Å². The molecule has 0 aliphatic carbocycles. The largest absolute Gasteiger partial charge is 0.469 e. The minimum absolute atomic E-state index is 0.0891. The number of likely N-dealkylation sites (N-methyl/N-ethyl adjacent to an activating group) is 1. The molecule has 0 fully saturated rings. The summed E-state index contributed by atoms with van der Waals surface area (Å²) in [6.07, 6.45) is 0.371. The normalized spacial score (nSPS) is 10.7. The predicted molar refractivity (Wildman–Crippen MR) is 101 cm³/mol. The second-order valence-electron chi connectivity index (χ2n) is 5.98. The number of rotatable bonds is 6. The number of carbonyl (C=O) groups is 2. The minimum Gasteiger partial charge on any atom is -0.469 e. The summed E-state index contributed by atoms with van der Waals surface area (Å²) in [5, 5.41) is 5.43. The third-order valence-corrected chi connectivity index (χ3v) is 4.96. The number of aromatic nitrogens is 2. The fraction of sp³-hybridized carbons (Fsp3) is 0.389. The molecule has 1 aromatic carbocycles. The number of benzene rings is 1. The van der Waals surface area contributed by atoms with Crippen LogP contribution < -0.4 is 0 Å². The van der Waals surface area contributed by atoms with Gasteiger partial charge < -0.3 is 9.64 Å². The van der Waals surface area contributed by atoms with Crippen LogP contribution in [0.1, 0.15) is 23.4 Å². The van der Waals surface area contributed by atoms with Crippen LogP contribution in [0.25, 0.3) is 5.69 Å². The van der Waals surface area contributed by atoms with Crippen molar-refractivity contribution >= 4 is 35.1 Å². The van der Waals surface area contributed by atoms with Crippen LogP contribution in [0.15, 0.2) is 18.2 Å². The minimum atomic E-state index is -0.343. The average molecular weight is 398 g/mol. The van der Waals surface area contributed by atoms with Crippen molar-refractivity contribution in [3.05, 3.63) is 45.2 Å². The van der Waals surface area contributed by atoms with Crippen molar-refractivity contribution in [1.29, 1.82) is 0 Å². The van der Waals surface area contributed by atoms with Crippen molar-refractivity contribution in [3.63, 3.8) is 0 Å². The first-order chi connectivity index (χ1) is 12.2. The third kappa shape index (κ3) is 4.56. The van der Waals surface area contributed by atoms with E-state index in [1.807, 2.05) is 19.9 Å². The van der Waals surface area contributed by atoms with E-state index in [2.05, 4.69) is 9.84 Å². The molecule has 0 atom stereocenters. The van der Waals surface area contributed by atoms with Gasteiger partial charge in [-0.15, -0.1) is 0 Å². The summed E-state index contributed by atoms with van der Waals surface area (Å²) in [5.74, 6) is -0.432. The fourth-order valence-electron chi connectivity index (χ4n) is 2.57. The first-order valence-corrected chi connectivity index (χ1v) is 8.81. The summed E-state index contributed by atoms with van der Waals surface area (Å²) in [5.41, 5.74) is 3.25. The van der Waals surface area contributed by atoms with Gasteiger partial charge in [-0.2, -0.15) is 5.10 Å². The third-order valence-electron chi connectivity index (χ3n) is 4.22. The van der Waals surface area contributed by atoms with Crippen LogP contribution in [0.2, 0.25) is 10.0 Å². The van der Waals surface area contributed by atoms with Gasteiger partial charge in [-0.25, -0.2) is 4.68 Å². The molecular formula is C18H21Cl2N3O3. The molecule has 26 heavy (non-hydrogen) atoms. The summed E-state index contributed by atoms with van der Waals surface area (Å²) < 4.78 is 6.34. The molecule has 0 unspecified atom stereocenters. The molecule has 2 rings (SSSR count). The molecule has 0 saturated heterocycles. The van der Waals surface area contributed by atoms with Crippen LogP contribution in [0.3, 0.4) is 0 Å². The van der Waals surface area contributed by atoms with E-state index in [4.69, 9.17) is 23.2 Å². The number of esters is 1. The van der Waals surface area contributed by atoms with Crippen LogP contribution in [-0.4, -0.2) is 47.3 Å². The Labute approximate surface area is 162 Å². The lowest BCUT2D eigenvalue weighted by molar-refractivity contribution is -0.141. The second-order valence-corrected chi connectivity index (χ2v) is 6.79. The van der Waals surface area contributed by atoms with Crippen LogP contribution >= 0.6 is 23.2 Å². The van der Waals surface area contributed by atoms with Crippen molar-refractivity contribution in [2.45, 2.75) is 26.7 Å². The van der Waals surface area contributed by atoms with Gasteiger partial charge in [0.1, 0.15) is 0 Å². The molecule has 6 nitrogen and oxygen atoms in total. The van der Waals surface area contributed by atoms with E-state index in [1.165, 1.54) is 12.0 Å². The van der Waals surface area contributed by atoms with Gasteiger partial charge in [0, 0.05) is 24.8 Å². The topological polar surface area (TPSA) is 64.4 Å². The lowest BCUT2D eigenvalue weighted by atomic mass is 10.1. The number of hydrogen-bond acceptors (Lipinski definition) is 4. The van der Waals surface area contributed by atoms with Gasteiger partial charge in [0.05, 0.1) is 41.4 Å². The van der Waals surface area contributed by atoms with Crippen molar-refractivity contribution in [1.82, 2.24) is 14.7 Å². The molecule has 1 aromatic heterocycles. The van der Waals surface area contributed by atoms with Gasteiger partial charge in [0.25, 0.3) is 0 Å². The number of ether oxygens (including phenoxy) is 1. The summed E-state index contributed by atoms with van der Waals surface area (Å²) in [6.45, 7) is 4.07.